The summed E-state index contributed by atoms with van der Waals surface area (Å²) in [5.41, 5.74) is 3.61. The summed E-state index contributed by atoms with van der Waals surface area (Å²) >= 11 is 0. The number of benzene rings is 2. The van der Waals surface area contributed by atoms with Crippen LogP contribution < -0.4 is 20.2 Å². The molecule has 0 saturated heterocycles. The molecule has 0 aromatic heterocycles. The molecular weight excluding hydrogens is 334 g/mol. The molecule has 0 heterocycles. The molecule has 0 unspecified atom stereocenters. The topological polar surface area (TPSA) is 89.0 Å². The van der Waals surface area contributed by atoms with E-state index < -0.39 is 11.8 Å². The maximum atomic E-state index is 11.9. The van der Waals surface area contributed by atoms with Gasteiger partial charge in [0, 0.05) is 17.3 Å². The van der Waals surface area contributed by atoms with Gasteiger partial charge in [-0.3, -0.25) is 9.59 Å². The SMILES string of the molecule is CCOc1ccccc1C=NNC(=O)CC(=O)Nc1cccc(OC)c1. The first-order chi connectivity index (χ1) is 12.6. The number of ether oxygens (including phenoxy) is 2. The van der Waals surface area contributed by atoms with Crippen LogP contribution in [-0.2, 0) is 9.59 Å². The number of amides is 2. The zero-order valence-corrected chi connectivity index (χ0v) is 14.7. The molecule has 2 aromatic rings. The minimum Gasteiger partial charge on any atom is -0.497 e. The van der Waals surface area contributed by atoms with Gasteiger partial charge < -0.3 is 14.8 Å². The number of anilines is 1. The van der Waals surface area contributed by atoms with Crippen LogP contribution in [0.15, 0.2) is 53.6 Å². The third kappa shape index (κ3) is 5.94. The largest absolute Gasteiger partial charge is 0.497 e. The fourth-order valence-corrected chi connectivity index (χ4v) is 2.14. The van der Waals surface area contributed by atoms with Gasteiger partial charge in [0.15, 0.2) is 0 Å². The van der Waals surface area contributed by atoms with Crippen molar-refractivity contribution in [3.05, 3.63) is 54.1 Å². The Balaban J connectivity index is 1.85. The average molecular weight is 355 g/mol. The van der Waals surface area contributed by atoms with Gasteiger partial charge in [-0.05, 0) is 31.2 Å². The molecule has 136 valence electrons. The van der Waals surface area contributed by atoms with Crippen molar-refractivity contribution in [2.75, 3.05) is 19.0 Å². The van der Waals surface area contributed by atoms with Crippen molar-refractivity contribution in [1.82, 2.24) is 5.43 Å². The minimum absolute atomic E-state index is 0.346. The van der Waals surface area contributed by atoms with Crippen LogP contribution in [0.3, 0.4) is 0 Å². The van der Waals surface area contributed by atoms with E-state index in [9.17, 15) is 9.59 Å². The Bertz CT molecular complexity index is 790. The quantitative estimate of drug-likeness (QED) is 0.433. The Kier molecular flexibility index (Phi) is 7.17. The lowest BCUT2D eigenvalue weighted by Crippen LogP contribution is -2.24. The summed E-state index contributed by atoms with van der Waals surface area (Å²) in [4.78, 5) is 23.7. The van der Waals surface area contributed by atoms with Gasteiger partial charge >= 0.3 is 0 Å². The summed E-state index contributed by atoms with van der Waals surface area (Å²) in [5, 5.41) is 6.50. The van der Waals surface area contributed by atoms with Gasteiger partial charge in [-0.1, -0.05) is 18.2 Å². The van der Waals surface area contributed by atoms with Crippen molar-refractivity contribution >= 4 is 23.7 Å². The fourth-order valence-electron chi connectivity index (χ4n) is 2.14. The summed E-state index contributed by atoms with van der Waals surface area (Å²) in [5.74, 6) is 0.324. The second-order valence-corrected chi connectivity index (χ2v) is 5.22. The highest BCUT2D eigenvalue weighted by atomic mass is 16.5. The van der Waals surface area contributed by atoms with Gasteiger partial charge in [-0.2, -0.15) is 5.10 Å². The van der Waals surface area contributed by atoms with Crippen LogP contribution in [0.5, 0.6) is 11.5 Å². The van der Waals surface area contributed by atoms with Crippen LogP contribution in [0.1, 0.15) is 18.9 Å². The van der Waals surface area contributed by atoms with Crippen LogP contribution in [0, 0.1) is 0 Å². The number of carbonyl (C=O) groups is 2. The van der Waals surface area contributed by atoms with Crippen LogP contribution in [-0.4, -0.2) is 31.7 Å². The second-order valence-electron chi connectivity index (χ2n) is 5.22. The van der Waals surface area contributed by atoms with Crippen molar-refractivity contribution in [2.45, 2.75) is 13.3 Å². The van der Waals surface area contributed by atoms with E-state index in [4.69, 9.17) is 9.47 Å². The highest BCUT2D eigenvalue weighted by molar-refractivity contribution is 6.03. The third-order valence-electron chi connectivity index (χ3n) is 3.29. The zero-order chi connectivity index (χ0) is 18.8. The first kappa shape index (κ1) is 19.0. The predicted molar refractivity (Wildman–Crippen MR) is 99.6 cm³/mol. The van der Waals surface area contributed by atoms with Gasteiger partial charge in [-0.25, -0.2) is 5.43 Å². The first-order valence-corrected chi connectivity index (χ1v) is 8.10. The number of nitrogens with one attached hydrogen (secondary N) is 2. The number of hydrazone groups is 1. The van der Waals surface area contributed by atoms with E-state index in [1.807, 2.05) is 31.2 Å². The number of rotatable bonds is 8. The van der Waals surface area contributed by atoms with Crippen molar-refractivity contribution in [2.24, 2.45) is 5.10 Å². The minimum atomic E-state index is -0.518. The van der Waals surface area contributed by atoms with E-state index >= 15 is 0 Å². The normalized spacial score (nSPS) is 10.4. The molecule has 7 nitrogen and oxygen atoms in total. The van der Waals surface area contributed by atoms with Gasteiger partial charge in [0.1, 0.15) is 17.9 Å². The Labute approximate surface area is 152 Å². The molecule has 7 heteroatoms. The zero-order valence-electron chi connectivity index (χ0n) is 14.7. The Morgan fingerprint density at radius 3 is 2.69 bits per heavy atom. The standard InChI is InChI=1S/C19H21N3O4/c1-3-26-17-10-5-4-7-14(17)13-20-22-19(24)12-18(23)21-15-8-6-9-16(11-15)25-2/h4-11,13H,3,12H2,1-2H3,(H,21,23)(H,22,24). The van der Waals surface area contributed by atoms with Crippen molar-refractivity contribution in [1.29, 1.82) is 0 Å². The monoisotopic (exact) mass is 355 g/mol. The maximum Gasteiger partial charge on any atom is 0.249 e. The lowest BCUT2D eigenvalue weighted by molar-refractivity contribution is -0.126. The lowest BCUT2D eigenvalue weighted by atomic mass is 10.2. The summed E-state index contributed by atoms with van der Waals surface area (Å²) in [6.45, 7) is 2.41. The van der Waals surface area contributed by atoms with Crippen molar-refractivity contribution < 1.29 is 19.1 Å². The number of methoxy groups -OCH3 is 1. The van der Waals surface area contributed by atoms with Crippen LogP contribution in [0.2, 0.25) is 0 Å². The molecule has 0 aliphatic carbocycles. The second kappa shape index (κ2) is 9.83. The van der Waals surface area contributed by atoms with E-state index in [1.165, 1.54) is 13.3 Å². The van der Waals surface area contributed by atoms with E-state index in [0.29, 0.717) is 23.8 Å². The van der Waals surface area contributed by atoms with Crippen LogP contribution in [0.25, 0.3) is 0 Å². The lowest BCUT2D eigenvalue weighted by Gasteiger charge is -2.07. The number of para-hydroxylation sites is 1. The van der Waals surface area contributed by atoms with Crippen molar-refractivity contribution in [3.63, 3.8) is 0 Å². The molecule has 0 fully saturated rings. The van der Waals surface area contributed by atoms with Gasteiger partial charge in [-0.15, -0.1) is 0 Å². The van der Waals surface area contributed by atoms with Gasteiger partial charge in [0.05, 0.1) is 19.9 Å². The van der Waals surface area contributed by atoms with E-state index in [-0.39, 0.29) is 6.42 Å². The molecule has 0 spiro atoms. The smallest absolute Gasteiger partial charge is 0.249 e. The molecule has 0 aliphatic rings. The highest BCUT2D eigenvalue weighted by Crippen LogP contribution is 2.17. The van der Waals surface area contributed by atoms with Crippen LogP contribution in [0.4, 0.5) is 5.69 Å². The Morgan fingerprint density at radius 2 is 1.92 bits per heavy atom. The van der Waals surface area contributed by atoms with Gasteiger partial charge in [0.2, 0.25) is 11.8 Å². The molecule has 2 N–H and O–H groups in total. The number of hydrogen-bond donors (Lipinski definition) is 2. The van der Waals surface area contributed by atoms with Crippen LogP contribution >= 0.6 is 0 Å². The van der Waals surface area contributed by atoms with E-state index in [2.05, 4.69) is 15.8 Å². The van der Waals surface area contributed by atoms with Crippen molar-refractivity contribution in [3.8, 4) is 11.5 Å². The average Bonchev–Trinajstić information content (AvgIpc) is 2.63. The molecule has 0 radical (unpaired) electrons. The highest BCUT2D eigenvalue weighted by Gasteiger charge is 2.09. The van der Waals surface area contributed by atoms with Gasteiger partial charge in [0.25, 0.3) is 0 Å². The Hall–Kier alpha value is -3.35. The summed E-state index contributed by atoms with van der Waals surface area (Å²) < 4.78 is 10.5. The predicted octanol–water partition coefficient (Wildman–Crippen LogP) is 2.57. The molecule has 0 bridgehead atoms. The van der Waals surface area contributed by atoms with E-state index in [0.717, 1.165) is 5.56 Å². The summed E-state index contributed by atoms with van der Waals surface area (Å²) in [6, 6.07) is 14.2. The maximum absolute atomic E-state index is 11.9. The molecule has 2 rings (SSSR count). The molecule has 26 heavy (non-hydrogen) atoms. The molecular formula is C19H21N3O4. The number of nitrogens with zero attached hydrogens (tertiary/aromatic N) is 1. The molecule has 0 aliphatic heterocycles. The molecule has 0 atom stereocenters. The molecule has 0 saturated carbocycles. The fraction of sp³-hybridized carbons (Fsp3) is 0.211. The first-order valence-electron chi connectivity index (χ1n) is 8.10. The molecule has 2 amide bonds. The Morgan fingerprint density at radius 1 is 1.12 bits per heavy atom. The molecule has 2 aromatic carbocycles. The van der Waals surface area contributed by atoms with E-state index in [1.54, 1.807) is 24.3 Å². The third-order valence-corrected chi connectivity index (χ3v) is 3.29. The number of carbonyl (C=O) groups excluding carboxylic acids is 2. The summed E-state index contributed by atoms with van der Waals surface area (Å²) in [6.07, 6.45) is 1.13. The number of hydrogen-bond acceptors (Lipinski definition) is 5. The summed E-state index contributed by atoms with van der Waals surface area (Å²) in [7, 11) is 1.54.